The second-order valence-corrected chi connectivity index (χ2v) is 7.45. The van der Waals surface area contributed by atoms with E-state index in [1.165, 1.54) is 5.56 Å². The van der Waals surface area contributed by atoms with E-state index in [2.05, 4.69) is 27.9 Å². The van der Waals surface area contributed by atoms with E-state index in [0.717, 1.165) is 40.8 Å². The summed E-state index contributed by atoms with van der Waals surface area (Å²) in [5.41, 5.74) is 3.52. The van der Waals surface area contributed by atoms with Crippen LogP contribution in [0.5, 0.6) is 0 Å². The fourth-order valence-electron chi connectivity index (χ4n) is 3.08. The van der Waals surface area contributed by atoms with E-state index in [9.17, 15) is 9.59 Å². The Balaban J connectivity index is 1.57. The Hall–Kier alpha value is -1.89. The van der Waals surface area contributed by atoms with Gasteiger partial charge in [0.05, 0.1) is 5.56 Å². The molecule has 2 aromatic carbocycles. The van der Waals surface area contributed by atoms with Crippen molar-refractivity contribution in [2.45, 2.75) is 19.3 Å². The number of anilines is 2. The lowest BCUT2D eigenvalue weighted by Gasteiger charge is -2.18. The zero-order valence-corrected chi connectivity index (χ0v) is 15.2. The topological polar surface area (TPSA) is 49.4 Å². The van der Waals surface area contributed by atoms with Crippen LogP contribution in [0.25, 0.3) is 0 Å². The molecular formula is C19H17IN2O2. The third-order valence-electron chi connectivity index (χ3n) is 4.55. The minimum absolute atomic E-state index is 0.127. The van der Waals surface area contributed by atoms with E-state index in [1.807, 2.05) is 47.4 Å². The third kappa shape index (κ3) is 2.92. The van der Waals surface area contributed by atoms with Crippen LogP contribution in [0, 0.1) is 9.49 Å². The summed E-state index contributed by atoms with van der Waals surface area (Å²) < 4.78 is 0.916. The molecule has 0 aromatic heterocycles. The molecule has 2 aliphatic rings. The molecular weight excluding hydrogens is 415 g/mol. The number of halogens is 1. The number of carbonyl (C=O) groups excluding carboxylic acids is 2. The molecule has 1 fully saturated rings. The van der Waals surface area contributed by atoms with Gasteiger partial charge in [-0.05, 0) is 71.7 Å². The fraction of sp³-hybridized carbons (Fsp3) is 0.263. The molecule has 0 atom stereocenters. The molecule has 2 aromatic rings. The summed E-state index contributed by atoms with van der Waals surface area (Å²) in [5, 5.41) is 2.95. The first kappa shape index (κ1) is 15.6. The number of hydrogen-bond donors (Lipinski definition) is 1. The zero-order chi connectivity index (χ0) is 16.7. The number of amides is 2. The zero-order valence-electron chi connectivity index (χ0n) is 13.1. The Labute approximate surface area is 154 Å². The molecule has 5 heteroatoms. The van der Waals surface area contributed by atoms with Gasteiger partial charge in [-0.15, -0.1) is 0 Å². The largest absolute Gasteiger partial charge is 0.322 e. The van der Waals surface area contributed by atoms with E-state index in [1.54, 1.807) is 0 Å². The lowest BCUT2D eigenvalue weighted by molar-refractivity contribution is -0.119. The SMILES string of the molecule is O=C(Nc1ccc2c(c1)N(C(=O)C1CC1)CC2)c1ccccc1I. The Morgan fingerprint density at radius 2 is 1.92 bits per heavy atom. The smallest absolute Gasteiger partial charge is 0.256 e. The Kier molecular flexibility index (Phi) is 4.04. The second-order valence-electron chi connectivity index (χ2n) is 6.29. The quantitative estimate of drug-likeness (QED) is 0.750. The number of hydrogen-bond acceptors (Lipinski definition) is 2. The van der Waals surface area contributed by atoms with Gasteiger partial charge < -0.3 is 10.2 Å². The van der Waals surface area contributed by atoms with Gasteiger partial charge >= 0.3 is 0 Å². The Morgan fingerprint density at radius 3 is 2.67 bits per heavy atom. The van der Waals surface area contributed by atoms with Crippen molar-refractivity contribution in [2.75, 3.05) is 16.8 Å². The second kappa shape index (κ2) is 6.20. The van der Waals surface area contributed by atoms with Crippen LogP contribution >= 0.6 is 22.6 Å². The van der Waals surface area contributed by atoms with E-state index in [-0.39, 0.29) is 17.7 Å². The number of benzene rings is 2. The van der Waals surface area contributed by atoms with Gasteiger partial charge in [0.15, 0.2) is 0 Å². The predicted molar refractivity (Wildman–Crippen MR) is 102 cm³/mol. The lowest BCUT2D eigenvalue weighted by Crippen LogP contribution is -2.30. The molecule has 0 bridgehead atoms. The summed E-state index contributed by atoms with van der Waals surface area (Å²) in [5.74, 6) is 0.313. The van der Waals surface area contributed by atoms with Crippen LogP contribution in [0.15, 0.2) is 42.5 Å². The van der Waals surface area contributed by atoms with Crippen LogP contribution in [-0.4, -0.2) is 18.4 Å². The van der Waals surface area contributed by atoms with Crippen molar-refractivity contribution < 1.29 is 9.59 Å². The van der Waals surface area contributed by atoms with Crippen molar-refractivity contribution in [3.63, 3.8) is 0 Å². The van der Waals surface area contributed by atoms with Gasteiger partial charge in [-0.1, -0.05) is 18.2 Å². The fourth-order valence-corrected chi connectivity index (χ4v) is 3.71. The maximum absolute atomic E-state index is 12.5. The first-order valence-corrected chi connectivity index (χ1v) is 9.21. The highest BCUT2D eigenvalue weighted by Crippen LogP contribution is 2.37. The number of nitrogens with zero attached hydrogens (tertiary/aromatic N) is 1. The van der Waals surface area contributed by atoms with Gasteiger partial charge in [0.25, 0.3) is 5.91 Å². The van der Waals surface area contributed by atoms with Crippen LogP contribution in [0.4, 0.5) is 11.4 Å². The highest BCUT2D eigenvalue weighted by Gasteiger charge is 2.36. The van der Waals surface area contributed by atoms with Gasteiger partial charge in [0, 0.05) is 27.4 Å². The van der Waals surface area contributed by atoms with Crippen LogP contribution in [0.2, 0.25) is 0 Å². The Bertz CT molecular complexity index is 830. The van der Waals surface area contributed by atoms with Crippen molar-refractivity contribution >= 4 is 45.8 Å². The summed E-state index contributed by atoms with van der Waals surface area (Å²) in [7, 11) is 0. The molecule has 0 unspecified atom stereocenters. The van der Waals surface area contributed by atoms with E-state index in [0.29, 0.717) is 5.56 Å². The number of carbonyl (C=O) groups is 2. The molecule has 1 saturated carbocycles. The van der Waals surface area contributed by atoms with Crippen LogP contribution in [-0.2, 0) is 11.2 Å². The van der Waals surface area contributed by atoms with Gasteiger partial charge in [0.1, 0.15) is 0 Å². The highest BCUT2D eigenvalue weighted by atomic mass is 127. The molecule has 4 rings (SSSR count). The number of fused-ring (bicyclic) bond motifs is 1. The van der Waals surface area contributed by atoms with Crippen molar-refractivity contribution in [1.29, 1.82) is 0 Å². The van der Waals surface area contributed by atoms with Crippen molar-refractivity contribution in [3.05, 3.63) is 57.2 Å². The standard InChI is InChI=1S/C19H17IN2O2/c20-16-4-2-1-3-15(16)18(23)21-14-8-7-12-9-10-22(17(12)11-14)19(24)13-5-6-13/h1-4,7-8,11,13H,5-6,9-10H2,(H,21,23). The first-order chi connectivity index (χ1) is 11.6. The van der Waals surface area contributed by atoms with Crippen LogP contribution in [0.3, 0.4) is 0 Å². The summed E-state index contributed by atoms with van der Waals surface area (Å²) in [4.78, 5) is 26.8. The van der Waals surface area contributed by atoms with Gasteiger partial charge in [-0.3, -0.25) is 9.59 Å². The normalized spacial score (nSPS) is 16.0. The number of nitrogens with one attached hydrogen (secondary N) is 1. The third-order valence-corrected chi connectivity index (χ3v) is 5.49. The molecule has 24 heavy (non-hydrogen) atoms. The molecule has 0 radical (unpaired) electrons. The van der Waals surface area contributed by atoms with E-state index < -0.39 is 0 Å². The minimum Gasteiger partial charge on any atom is -0.322 e. The summed E-state index contributed by atoms with van der Waals surface area (Å²) in [6.07, 6.45) is 2.90. The molecule has 1 aliphatic carbocycles. The summed E-state index contributed by atoms with van der Waals surface area (Å²) in [6.45, 7) is 0.749. The maximum atomic E-state index is 12.5. The molecule has 1 aliphatic heterocycles. The molecule has 1 heterocycles. The van der Waals surface area contributed by atoms with E-state index in [4.69, 9.17) is 0 Å². The predicted octanol–water partition coefficient (Wildman–Crippen LogP) is 3.84. The average Bonchev–Trinajstić information content (AvgIpc) is 3.34. The van der Waals surface area contributed by atoms with Crippen molar-refractivity contribution in [3.8, 4) is 0 Å². The van der Waals surface area contributed by atoms with Crippen LogP contribution in [0.1, 0.15) is 28.8 Å². The van der Waals surface area contributed by atoms with Gasteiger partial charge in [-0.25, -0.2) is 0 Å². The van der Waals surface area contributed by atoms with Crippen molar-refractivity contribution in [2.24, 2.45) is 5.92 Å². The highest BCUT2D eigenvalue weighted by molar-refractivity contribution is 14.1. The molecule has 2 amide bonds. The maximum Gasteiger partial charge on any atom is 0.256 e. The van der Waals surface area contributed by atoms with Crippen LogP contribution < -0.4 is 10.2 Å². The van der Waals surface area contributed by atoms with Gasteiger partial charge in [0.2, 0.25) is 5.91 Å². The molecule has 0 saturated heterocycles. The summed E-state index contributed by atoms with van der Waals surface area (Å²) >= 11 is 2.16. The van der Waals surface area contributed by atoms with E-state index >= 15 is 0 Å². The Morgan fingerprint density at radius 1 is 1.12 bits per heavy atom. The van der Waals surface area contributed by atoms with Crippen molar-refractivity contribution in [1.82, 2.24) is 0 Å². The summed E-state index contributed by atoms with van der Waals surface area (Å²) in [6, 6.07) is 13.3. The average molecular weight is 432 g/mol. The monoisotopic (exact) mass is 432 g/mol. The molecule has 0 spiro atoms. The molecule has 4 nitrogen and oxygen atoms in total. The van der Waals surface area contributed by atoms with Gasteiger partial charge in [-0.2, -0.15) is 0 Å². The molecule has 1 N–H and O–H groups in total. The molecule has 122 valence electrons. The lowest BCUT2D eigenvalue weighted by atomic mass is 10.1. The first-order valence-electron chi connectivity index (χ1n) is 8.13. The number of rotatable bonds is 3. The minimum atomic E-state index is -0.127.